The van der Waals surface area contributed by atoms with Gasteiger partial charge < -0.3 is 9.64 Å². The lowest BCUT2D eigenvalue weighted by atomic mass is 10.1. The molecule has 1 aliphatic heterocycles. The van der Waals surface area contributed by atoms with Crippen molar-refractivity contribution in [1.29, 1.82) is 0 Å². The molecule has 0 aliphatic carbocycles. The molecule has 1 fully saturated rings. The van der Waals surface area contributed by atoms with Gasteiger partial charge in [0.15, 0.2) is 0 Å². The fourth-order valence-corrected chi connectivity index (χ4v) is 2.79. The Morgan fingerprint density at radius 2 is 2.00 bits per heavy atom. The molecule has 1 aromatic rings. The second kappa shape index (κ2) is 6.19. The molecule has 5 heteroatoms. The summed E-state index contributed by atoms with van der Waals surface area (Å²) in [6.07, 6.45) is 2.22. The van der Waals surface area contributed by atoms with E-state index in [1.165, 1.54) is 0 Å². The van der Waals surface area contributed by atoms with Crippen LogP contribution in [0.2, 0.25) is 0 Å². The number of carbonyl (C=O) groups is 2. The summed E-state index contributed by atoms with van der Waals surface area (Å²) in [7, 11) is 0. The summed E-state index contributed by atoms with van der Waals surface area (Å²) in [5.74, 6) is -1.38. The number of anilines is 1. The smallest absolute Gasteiger partial charge is 0.379 e. The molecule has 0 unspecified atom stereocenters. The number of rotatable bonds is 4. The molecule has 0 atom stereocenters. The van der Waals surface area contributed by atoms with Crippen molar-refractivity contribution in [3.63, 3.8) is 0 Å². The molecule has 19 heavy (non-hydrogen) atoms. The first kappa shape index (κ1) is 14.1. The SMILES string of the molecule is CCOC(=O)C(=O)c1c(Br)cccc1N1CCCC1. The predicted molar refractivity (Wildman–Crippen MR) is 76.6 cm³/mol. The van der Waals surface area contributed by atoms with Crippen LogP contribution in [-0.4, -0.2) is 31.4 Å². The van der Waals surface area contributed by atoms with Crippen LogP contribution in [0.15, 0.2) is 22.7 Å². The number of nitrogens with zero attached hydrogens (tertiary/aromatic N) is 1. The molecular formula is C14H16BrNO3. The summed E-state index contributed by atoms with van der Waals surface area (Å²) in [5.41, 5.74) is 1.22. The minimum atomic E-state index is -0.796. The number of esters is 1. The molecule has 0 radical (unpaired) electrons. The average molecular weight is 326 g/mol. The van der Waals surface area contributed by atoms with Gasteiger partial charge in [-0.05, 0) is 47.8 Å². The van der Waals surface area contributed by atoms with Crippen LogP contribution in [-0.2, 0) is 9.53 Å². The Labute approximate surface area is 120 Å². The maximum atomic E-state index is 12.2. The summed E-state index contributed by atoms with van der Waals surface area (Å²) in [6.45, 7) is 3.72. The minimum Gasteiger partial charge on any atom is -0.460 e. The van der Waals surface area contributed by atoms with Gasteiger partial charge in [0, 0.05) is 23.2 Å². The third-order valence-electron chi connectivity index (χ3n) is 3.13. The van der Waals surface area contributed by atoms with Crippen molar-refractivity contribution in [2.45, 2.75) is 19.8 Å². The zero-order chi connectivity index (χ0) is 13.8. The number of halogens is 1. The number of ketones is 1. The fourth-order valence-electron chi connectivity index (χ4n) is 2.26. The van der Waals surface area contributed by atoms with Gasteiger partial charge in [0.2, 0.25) is 0 Å². The second-order valence-corrected chi connectivity index (χ2v) is 5.23. The van der Waals surface area contributed by atoms with E-state index in [0.717, 1.165) is 31.6 Å². The molecule has 0 spiro atoms. The van der Waals surface area contributed by atoms with Gasteiger partial charge in [-0.1, -0.05) is 6.07 Å². The molecule has 2 rings (SSSR count). The fraction of sp³-hybridized carbons (Fsp3) is 0.429. The second-order valence-electron chi connectivity index (χ2n) is 4.38. The lowest BCUT2D eigenvalue weighted by Gasteiger charge is -2.21. The predicted octanol–water partition coefficient (Wildman–Crippen LogP) is 2.80. The quantitative estimate of drug-likeness (QED) is 0.485. The van der Waals surface area contributed by atoms with Crippen molar-refractivity contribution in [1.82, 2.24) is 0 Å². The standard InChI is InChI=1S/C14H16BrNO3/c1-2-19-14(18)13(17)12-10(15)6-5-7-11(12)16-8-3-4-9-16/h5-7H,2-4,8-9H2,1H3. The Hall–Kier alpha value is -1.36. The third kappa shape index (κ3) is 2.97. The molecule has 1 aromatic carbocycles. The normalized spacial score (nSPS) is 14.5. The van der Waals surface area contributed by atoms with Crippen LogP contribution in [0.4, 0.5) is 5.69 Å². The highest BCUT2D eigenvalue weighted by atomic mass is 79.9. The van der Waals surface area contributed by atoms with Crippen molar-refractivity contribution in [3.8, 4) is 0 Å². The van der Waals surface area contributed by atoms with Crippen LogP contribution in [0, 0.1) is 0 Å². The molecule has 102 valence electrons. The van der Waals surface area contributed by atoms with Gasteiger partial charge in [-0.25, -0.2) is 4.79 Å². The minimum absolute atomic E-state index is 0.202. The van der Waals surface area contributed by atoms with E-state index in [1.807, 2.05) is 12.1 Å². The zero-order valence-corrected chi connectivity index (χ0v) is 12.4. The van der Waals surface area contributed by atoms with Crippen molar-refractivity contribution < 1.29 is 14.3 Å². The molecule has 4 nitrogen and oxygen atoms in total. The Bertz CT molecular complexity index is 495. The van der Waals surface area contributed by atoms with E-state index in [1.54, 1.807) is 13.0 Å². The first-order chi connectivity index (χ1) is 9.15. The summed E-state index contributed by atoms with van der Waals surface area (Å²) in [4.78, 5) is 26.0. The number of benzene rings is 1. The largest absolute Gasteiger partial charge is 0.460 e. The third-order valence-corrected chi connectivity index (χ3v) is 3.79. The van der Waals surface area contributed by atoms with Crippen LogP contribution in [0.5, 0.6) is 0 Å². The van der Waals surface area contributed by atoms with Crippen LogP contribution in [0.25, 0.3) is 0 Å². The molecule has 0 N–H and O–H groups in total. The summed E-state index contributed by atoms with van der Waals surface area (Å²) < 4.78 is 5.44. The Balaban J connectivity index is 2.37. The number of ether oxygens (including phenoxy) is 1. The molecule has 0 aromatic heterocycles. The van der Waals surface area contributed by atoms with Gasteiger partial charge in [-0.2, -0.15) is 0 Å². The highest BCUT2D eigenvalue weighted by Gasteiger charge is 2.26. The maximum Gasteiger partial charge on any atom is 0.379 e. The van der Waals surface area contributed by atoms with Crippen molar-refractivity contribution in [2.75, 3.05) is 24.6 Å². The van der Waals surface area contributed by atoms with Crippen molar-refractivity contribution >= 4 is 33.4 Å². The van der Waals surface area contributed by atoms with E-state index < -0.39 is 11.8 Å². The molecular weight excluding hydrogens is 310 g/mol. The number of hydrogen-bond donors (Lipinski definition) is 0. The highest BCUT2D eigenvalue weighted by Crippen LogP contribution is 2.30. The van der Waals surface area contributed by atoms with Gasteiger partial charge >= 0.3 is 5.97 Å². The van der Waals surface area contributed by atoms with E-state index in [2.05, 4.69) is 20.8 Å². The van der Waals surface area contributed by atoms with E-state index in [0.29, 0.717) is 10.0 Å². The maximum absolute atomic E-state index is 12.2. The van der Waals surface area contributed by atoms with E-state index >= 15 is 0 Å². The molecule has 0 saturated carbocycles. The highest BCUT2D eigenvalue weighted by molar-refractivity contribution is 9.10. The van der Waals surface area contributed by atoms with Crippen LogP contribution in [0.3, 0.4) is 0 Å². The Kier molecular flexibility index (Phi) is 4.58. The lowest BCUT2D eigenvalue weighted by molar-refractivity contribution is -0.137. The molecule has 1 aliphatic rings. The average Bonchev–Trinajstić information content (AvgIpc) is 2.91. The first-order valence-corrected chi connectivity index (χ1v) is 7.19. The van der Waals surface area contributed by atoms with E-state index in [9.17, 15) is 9.59 Å². The Morgan fingerprint density at radius 3 is 2.63 bits per heavy atom. The van der Waals surface area contributed by atoms with Gasteiger partial charge in [-0.3, -0.25) is 4.79 Å². The summed E-state index contributed by atoms with van der Waals surface area (Å²) in [6, 6.07) is 5.52. The Morgan fingerprint density at radius 1 is 1.32 bits per heavy atom. The van der Waals surface area contributed by atoms with E-state index in [-0.39, 0.29) is 6.61 Å². The van der Waals surface area contributed by atoms with Crippen LogP contribution < -0.4 is 4.90 Å². The number of Topliss-reactive ketones (excluding diaryl/α,β-unsaturated/α-hetero) is 1. The van der Waals surface area contributed by atoms with Crippen LogP contribution >= 0.6 is 15.9 Å². The number of carbonyl (C=O) groups excluding carboxylic acids is 2. The van der Waals surface area contributed by atoms with E-state index in [4.69, 9.17) is 4.74 Å². The van der Waals surface area contributed by atoms with Gasteiger partial charge in [0.05, 0.1) is 12.2 Å². The lowest BCUT2D eigenvalue weighted by Crippen LogP contribution is -2.24. The van der Waals surface area contributed by atoms with Gasteiger partial charge in [0.1, 0.15) is 0 Å². The molecule has 1 heterocycles. The summed E-state index contributed by atoms with van der Waals surface area (Å²) >= 11 is 3.36. The van der Waals surface area contributed by atoms with Crippen molar-refractivity contribution in [2.24, 2.45) is 0 Å². The van der Waals surface area contributed by atoms with Crippen LogP contribution in [0.1, 0.15) is 30.1 Å². The molecule has 0 bridgehead atoms. The van der Waals surface area contributed by atoms with Crippen molar-refractivity contribution in [3.05, 3.63) is 28.2 Å². The topological polar surface area (TPSA) is 46.6 Å². The summed E-state index contributed by atoms with van der Waals surface area (Å²) in [5, 5.41) is 0. The first-order valence-electron chi connectivity index (χ1n) is 6.40. The number of hydrogen-bond acceptors (Lipinski definition) is 4. The monoisotopic (exact) mass is 325 g/mol. The molecule has 0 amide bonds. The van der Waals surface area contributed by atoms with Gasteiger partial charge in [-0.15, -0.1) is 0 Å². The molecule has 1 saturated heterocycles. The zero-order valence-electron chi connectivity index (χ0n) is 10.8. The van der Waals surface area contributed by atoms with Gasteiger partial charge in [0.25, 0.3) is 5.78 Å².